The number of phenolic OH excluding ortho intramolecular Hbond substituents is 3. The van der Waals surface area contributed by atoms with Gasteiger partial charge in [0.1, 0.15) is 5.75 Å². The molecule has 42 heavy (non-hydrogen) atoms. The molecule has 0 unspecified atom stereocenters. The summed E-state index contributed by atoms with van der Waals surface area (Å²) < 4.78 is 8.19. The molecule has 0 amide bonds. The Bertz CT molecular complexity index is 1150. The molecule has 0 aliphatic rings. The Hall–Kier alpha value is -2.19. The molecule has 2 aromatic rings. The summed E-state index contributed by atoms with van der Waals surface area (Å²) in [5.74, 6) is 1.18. The van der Waals surface area contributed by atoms with Crippen molar-refractivity contribution in [2.45, 2.75) is 112 Å². The molecule has 4 N–H and O–H groups in total. The monoisotopic (exact) mass is 622 g/mol. The van der Waals surface area contributed by atoms with Crippen LogP contribution >= 0.6 is 0 Å². The Balaban J connectivity index is 0.000000785. The van der Waals surface area contributed by atoms with Gasteiger partial charge in [0, 0.05) is 41.6 Å². The molecule has 0 aliphatic heterocycles. The van der Waals surface area contributed by atoms with Gasteiger partial charge in [-0.3, -0.25) is 4.99 Å². The van der Waals surface area contributed by atoms with E-state index in [1.54, 1.807) is 6.21 Å². The van der Waals surface area contributed by atoms with Crippen molar-refractivity contribution in [2.24, 2.45) is 4.99 Å². The van der Waals surface area contributed by atoms with Crippen LogP contribution in [0.5, 0.6) is 17.2 Å². The van der Waals surface area contributed by atoms with E-state index >= 15 is 0 Å². The fourth-order valence-electron chi connectivity index (χ4n) is 4.47. The molecular formula is C34H55N2O5V-. The number of benzene rings is 2. The fourth-order valence-corrected chi connectivity index (χ4v) is 4.47. The summed E-state index contributed by atoms with van der Waals surface area (Å²) in [6, 6.07) is 6.15. The van der Waals surface area contributed by atoms with E-state index in [9.17, 15) is 15.3 Å². The van der Waals surface area contributed by atoms with Crippen LogP contribution in [0.3, 0.4) is 0 Å². The molecule has 8 heteroatoms. The van der Waals surface area contributed by atoms with E-state index in [2.05, 4.69) is 71.8 Å². The molecule has 0 radical (unpaired) electrons. The second-order valence-corrected chi connectivity index (χ2v) is 13.5. The Morgan fingerprint density at radius 1 is 0.762 bits per heavy atom. The molecule has 2 aromatic carbocycles. The minimum atomic E-state index is -0.135. The number of aliphatic hydroxyl groups is 1. The second-order valence-electron chi connectivity index (χ2n) is 13.5. The summed E-state index contributed by atoms with van der Waals surface area (Å²) in [4.78, 5) is 4.36. The van der Waals surface area contributed by atoms with Gasteiger partial charge in [0.25, 0.3) is 0 Å². The van der Waals surface area contributed by atoms with Crippen LogP contribution in [-0.4, -0.2) is 52.9 Å². The van der Waals surface area contributed by atoms with Crippen molar-refractivity contribution in [3.05, 3.63) is 56.9 Å². The summed E-state index contributed by atoms with van der Waals surface area (Å²) in [5.41, 5.74) is 5.60. The number of hydrogen-bond donors (Lipinski definition) is 4. The van der Waals surface area contributed by atoms with Crippen molar-refractivity contribution < 1.29 is 41.5 Å². The SMILES string of the molecule is CC(C)(C)c1cc(C=NCC[N-]CCO)c(O)c(C(C)(C)C)c1.CC(C)c1cc(C(C)C)c(C(C)C)c(O)c1O.[O]=[V]. The van der Waals surface area contributed by atoms with Gasteiger partial charge in [-0.15, -0.1) is 13.1 Å². The molecule has 0 fully saturated rings. The molecule has 0 spiro atoms. The van der Waals surface area contributed by atoms with E-state index in [-0.39, 0.29) is 40.8 Å². The summed E-state index contributed by atoms with van der Waals surface area (Å²) in [6.07, 6.45) is 1.73. The number of aliphatic imine (C=N–C) groups is 1. The molecule has 7 nitrogen and oxygen atoms in total. The van der Waals surface area contributed by atoms with Gasteiger partial charge in [0.15, 0.2) is 11.5 Å². The molecule has 2 rings (SSSR count). The Kier molecular flexibility index (Phi) is 16.9. The van der Waals surface area contributed by atoms with Crippen LogP contribution in [-0.2, 0) is 31.9 Å². The predicted molar refractivity (Wildman–Crippen MR) is 171 cm³/mol. The van der Waals surface area contributed by atoms with Gasteiger partial charge in [-0.25, -0.2) is 0 Å². The molecule has 0 heterocycles. The third-order valence-electron chi connectivity index (χ3n) is 6.89. The predicted octanol–water partition coefficient (Wildman–Crippen LogP) is 8.12. The number of hydrogen-bond acceptors (Lipinski definition) is 6. The molecule has 237 valence electrons. The van der Waals surface area contributed by atoms with E-state index in [0.717, 1.165) is 45.2 Å². The van der Waals surface area contributed by atoms with Gasteiger partial charge in [-0.2, -0.15) is 0 Å². The van der Waals surface area contributed by atoms with Crippen LogP contribution in [0, 0.1) is 0 Å². The number of aromatic hydroxyl groups is 3. The van der Waals surface area contributed by atoms with Crippen LogP contribution in [0.1, 0.15) is 134 Å². The molecule has 0 aromatic heterocycles. The van der Waals surface area contributed by atoms with Crippen molar-refractivity contribution in [1.82, 2.24) is 0 Å². The second kappa shape index (κ2) is 17.8. The molecule has 0 aliphatic carbocycles. The fraction of sp³-hybridized carbons (Fsp3) is 0.618. The van der Waals surface area contributed by atoms with Crippen molar-refractivity contribution in [3.8, 4) is 17.2 Å². The molecule has 0 atom stereocenters. The van der Waals surface area contributed by atoms with Gasteiger partial charge in [0.05, 0.1) is 0 Å². The third-order valence-corrected chi connectivity index (χ3v) is 6.89. The van der Waals surface area contributed by atoms with Gasteiger partial charge in [0.2, 0.25) is 0 Å². The first kappa shape index (κ1) is 39.8. The summed E-state index contributed by atoms with van der Waals surface area (Å²) in [7, 11) is 0. The number of phenols is 3. The normalized spacial score (nSPS) is 12.0. The Labute approximate surface area is 264 Å². The van der Waals surface area contributed by atoms with Gasteiger partial charge in [-0.1, -0.05) is 95.2 Å². The van der Waals surface area contributed by atoms with E-state index in [1.165, 1.54) is 5.56 Å². The van der Waals surface area contributed by atoms with E-state index < -0.39 is 0 Å². The first-order chi connectivity index (χ1) is 19.3. The van der Waals surface area contributed by atoms with Crippen LogP contribution in [0.2, 0.25) is 0 Å². The molecule has 0 saturated carbocycles. The quantitative estimate of drug-likeness (QED) is 0.128. The number of rotatable bonds is 9. The van der Waals surface area contributed by atoms with E-state index in [1.807, 2.05) is 39.8 Å². The van der Waals surface area contributed by atoms with Gasteiger partial charge < -0.3 is 25.7 Å². The molecule has 0 saturated heterocycles. The van der Waals surface area contributed by atoms with Crippen molar-refractivity contribution >= 4 is 6.21 Å². The Morgan fingerprint density at radius 2 is 1.31 bits per heavy atom. The molecule has 0 bridgehead atoms. The van der Waals surface area contributed by atoms with Crippen molar-refractivity contribution in [3.63, 3.8) is 0 Å². The molecular weight excluding hydrogens is 567 g/mol. The summed E-state index contributed by atoms with van der Waals surface area (Å²) >= 11 is 1.06. The zero-order valence-corrected chi connectivity index (χ0v) is 29.3. The van der Waals surface area contributed by atoms with E-state index in [4.69, 9.17) is 8.78 Å². The van der Waals surface area contributed by atoms with Crippen LogP contribution in [0.15, 0.2) is 23.2 Å². The zero-order valence-electron chi connectivity index (χ0n) is 27.9. The summed E-state index contributed by atoms with van der Waals surface area (Å²) in [5, 5.41) is 43.7. The van der Waals surface area contributed by atoms with Gasteiger partial charge in [-0.05, 0) is 45.8 Å². The van der Waals surface area contributed by atoms with Crippen LogP contribution in [0.4, 0.5) is 0 Å². The average Bonchev–Trinajstić information content (AvgIpc) is 2.88. The third kappa shape index (κ3) is 11.8. The van der Waals surface area contributed by atoms with Crippen molar-refractivity contribution in [2.75, 3.05) is 26.2 Å². The first-order valence-electron chi connectivity index (χ1n) is 14.7. The minimum absolute atomic E-state index is 0.00670. The van der Waals surface area contributed by atoms with Gasteiger partial charge >= 0.3 is 21.0 Å². The first-order valence-corrected chi connectivity index (χ1v) is 15.3. The van der Waals surface area contributed by atoms with Crippen molar-refractivity contribution in [1.29, 1.82) is 0 Å². The van der Waals surface area contributed by atoms with E-state index in [0.29, 0.717) is 31.3 Å². The number of nitrogens with zero attached hydrogens (tertiary/aromatic N) is 2. The maximum absolute atomic E-state index is 10.6. The van der Waals surface area contributed by atoms with Crippen LogP contribution in [0.25, 0.3) is 5.32 Å². The zero-order chi connectivity index (χ0) is 33.0. The topological polar surface area (TPSA) is 124 Å². The summed E-state index contributed by atoms with van der Waals surface area (Å²) in [6.45, 7) is 26.8. The average molecular weight is 623 g/mol. The standard InChI is InChI=1S/C19H31N2O2.C15H24O2.O.V/c1-18(2,3)15-11-14(13-21-8-7-20-9-10-22)17(23)16(12-15)19(4,5)6;1-8(2)11-7-12(9(3)4)14(16)15(17)13(11)10(5)6;;/h11-13,22-23H,7-10H2,1-6H3;7-10,16-17H,1-6H3;;/q-1;;;. The maximum atomic E-state index is 10.6. The number of aliphatic hydroxyl groups excluding tert-OH is 1. The van der Waals surface area contributed by atoms with Crippen LogP contribution < -0.4 is 0 Å². The Morgan fingerprint density at radius 3 is 1.74 bits per heavy atom.